The summed E-state index contributed by atoms with van der Waals surface area (Å²) in [5.74, 6) is -0.0736. The van der Waals surface area contributed by atoms with Crippen LogP contribution in [0.15, 0.2) is 54.6 Å². The monoisotopic (exact) mass is 308 g/mol. The first-order valence-electron chi connectivity index (χ1n) is 7.47. The largest absolute Gasteiger partial charge is 0.309 e. The second-order valence-electron chi connectivity index (χ2n) is 5.40. The molecule has 0 saturated heterocycles. The molecule has 23 heavy (non-hydrogen) atoms. The Labute approximate surface area is 134 Å². The van der Waals surface area contributed by atoms with E-state index in [0.717, 1.165) is 24.1 Å². The van der Waals surface area contributed by atoms with Crippen LogP contribution in [-0.2, 0) is 11.2 Å². The van der Waals surface area contributed by atoms with Crippen LogP contribution in [0.5, 0.6) is 0 Å². The van der Waals surface area contributed by atoms with E-state index in [2.05, 4.69) is 6.07 Å². The molecule has 1 aliphatic rings. The molecule has 1 aliphatic heterocycles. The van der Waals surface area contributed by atoms with Crippen molar-refractivity contribution in [2.75, 3.05) is 11.4 Å². The van der Waals surface area contributed by atoms with E-state index in [9.17, 15) is 14.9 Å². The van der Waals surface area contributed by atoms with E-state index in [0.29, 0.717) is 6.54 Å². The molecule has 116 valence electrons. The van der Waals surface area contributed by atoms with Gasteiger partial charge < -0.3 is 4.90 Å². The highest BCUT2D eigenvalue weighted by molar-refractivity contribution is 6.04. The summed E-state index contributed by atoms with van der Waals surface area (Å²) in [4.78, 5) is 24.4. The molecule has 0 unspecified atom stereocenters. The van der Waals surface area contributed by atoms with E-state index in [1.165, 1.54) is 23.8 Å². The molecule has 0 aromatic heterocycles. The summed E-state index contributed by atoms with van der Waals surface area (Å²) >= 11 is 0. The molecule has 0 fully saturated rings. The zero-order valence-corrected chi connectivity index (χ0v) is 12.5. The number of fused-ring (bicyclic) bond motifs is 1. The fraction of sp³-hybridized carbons (Fsp3) is 0.167. The van der Waals surface area contributed by atoms with Crippen molar-refractivity contribution in [1.29, 1.82) is 0 Å². The summed E-state index contributed by atoms with van der Waals surface area (Å²) in [5.41, 5.74) is 2.96. The molecule has 0 N–H and O–H groups in total. The molecule has 2 aromatic rings. The van der Waals surface area contributed by atoms with E-state index < -0.39 is 4.92 Å². The first kappa shape index (κ1) is 15.0. The number of nitro benzene ring substituents is 1. The molecule has 1 amide bonds. The van der Waals surface area contributed by atoms with E-state index in [1.807, 2.05) is 18.2 Å². The van der Waals surface area contributed by atoms with E-state index in [1.54, 1.807) is 23.1 Å². The fourth-order valence-electron chi connectivity index (χ4n) is 2.73. The lowest BCUT2D eigenvalue weighted by molar-refractivity contribution is -0.384. The van der Waals surface area contributed by atoms with Crippen LogP contribution in [0, 0.1) is 10.1 Å². The Balaban J connectivity index is 1.76. The molecule has 0 radical (unpaired) electrons. The maximum absolute atomic E-state index is 12.4. The zero-order valence-electron chi connectivity index (χ0n) is 12.5. The molecule has 0 atom stereocenters. The molecular weight excluding hydrogens is 292 g/mol. The number of anilines is 1. The number of nitro groups is 1. The van der Waals surface area contributed by atoms with Crippen LogP contribution in [0.1, 0.15) is 17.5 Å². The summed E-state index contributed by atoms with van der Waals surface area (Å²) < 4.78 is 0. The van der Waals surface area contributed by atoms with Gasteiger partial charge in [0, 0.05) is 30.4 Å². The van der Waals surface area contributed by atoms with Gasteiger partial charge in [0.25, 0.3) is 11.6 Å². The predicted octanol–water partition coefficient (Wildman–Crippen LogP) is 3.59. The minimum atomic E-state index is -0.441. The molecule has 3 rings (SSSR count). The lowest BCUT2D eigenvalue weighted by atomic mass is 10.0. The number of aryl methyl sites for hydroxylation is 1. The second kappa shape index (κ2) is 6.44. The van der Waals surface area contributed by atoms with Crippen molar-refractivity contribution in [3.05, 3.63) is 75.8 Å². The molecule has 2 aromatic carbocycles. The molecule has 0 aliphatic carbocycles. The lowest BCUT2D eigenvalue weighted by Crippen LogP contribution is -2.34. The van der Waals surface area contributed by atoms with Gasteiger partial charge >= 0.3 is 0 Å². The quantitative estimate of drug-likeness (QED) is 0.494. The third-order valence-electron chi connectivity index (χ3n) is 3.90. The number of para-hydroxylation sites is 1. The Hall–Kier alpha value is -2.95. The third kappa shape index (κ3) is 3.29. The van der Waals surface area contributed by atoms with Gasteiger partial charge in [-0.1, -0.05) is 18.2 Å². The highest BCUT2D eigenvalue weighted by Gasteiger charge is 2.20. The van der Waals surface area contributed by atoms with Crippen LogP contribution in [0.3, 0.4) is 0 Å². The van der Waals surface area contributed by atoms with Crippen LogP contribution >= 0.6 is 0 Å². The molecule has 0 saturated carbocycles. The van der Waals surface area contributed by atoms with Gasteiger partial charge in [-0.15, -0.1) is 0 Å². The van der Waals surface area contributed by atoms with Gasteiger partial charge in [0.2, 0.25) is 0 Å². The molecule has 0 bridgehead atoms. The second-order valence-corrected chi connectivity index (χ2v) is 5.40. The maximum Gasteiger partial charge on any atom is 0.269 e. The normalized spacial score (nSPS) is 13.8. The summed E-state index contributed by atoms with van der Waals surface area (Å²) in [7, 11) is 0. The average Bonchev–Trinajstić information content (AvgIpc) is 2.59. The first-order chi connectivity index (χ1) is 11.1. The molecule has 5 nitrogen and oxygen atoms in total. The summed E-state index contributed by atoms with van der Waals surface area (Å²) in [6, 6.07) is 14.1. The smallest absolute Gasteiger partial charge is 0.269 e. The highest BCUT2D eigenvalue weighted by atomic mass is 16.6. The number of hydrogen-bond donors (Lipinski definition) is 0. The van der Waals surface area contributed by atoms with Crippen molar-refractivity contribution in [2.45, 2.75) is 12.8 Å². The van der Waals surface area contributed by atoms with Crippen molar-refractivity contribution in [2.24, 2.45) is 0 Å². The number of carbonyl (C=O) groups excluding carboxylic acids is 1. The summed E-state index contributed by atoms with van der Waals surface area (Å²) in [6.45, 7) is 0.709. The van der Waals surface area contributed by atoms with Gasteiger partial charge in [-0.25, -0.2) is 0 Å². The molecule has 5 heteroatoms. The Morgan fingerprint density at radius 1 is 1.13 bits per heavy atom. The highest BCUT2D eigenvalue weighted by Crippen LogP contribution is 2.27. The van der Waals surface area contributed by atoms with Crippen molar-refractivity contribution in [1.82, 2.24) is 0 Å². The third-order valence-corrected chi connectivity index (χ3v) is 3.90. The Kier molecular flexibility index (Phi) is 4.19. The number of non-ortho nitro benzene ring substituents is 1. The van der Waals surface area contributed by atoms with E-state index >= 15 is 0 Å². The Morgan fingerprint density at radius 3 is 2.61 bits per heavy atom. The van der Waals surface area contributed by atoms with Gasteiger partial charge in [0.1, 0.15) is 0 Å². The molecule has 0 spiro atoms. The Morgan fingerprint density at radius 2 is 1.87 bits per heavy atom. The Bertz CT molecular complexity index is 766. The van der Waals surface area contributed by atoms with Gasteiger partial charge in [-0.05, 0) is 48.2 Å². The number of amides is 1. The SMILES string of the molecule is O=C(/C=C/c1ccc([N+](=O)[O-])cc1)N1CCCc2ccccc21. The van der Waals surface area contributed by atoms with Gasteiger partial charge in [0.15, 0.2) is 0 Å². The standard InChI is InChI=1S/C18H16N2O3/c21-18(12-9-14-7-10-16(11-8-14)20(22)23)19-13-3-5-15-4-1-2-6-17(15)19/h1-2,4,6-12H,3,5,13H2/b12-9+. The van der Waals surface area contributed by atoms with Gasteiger partial charge in [-0.3, -0.25) is 14.9 Å². The minimum absolute atomic E-state index is 0.0402. The molecular formula is C18H16N2O3. The number of nitrogens with zero attached hydrogens (tertiary/aromatic N) is 2. The van der Waals surface area contributed by atoms with Crippen molar-refractivity contribution in [3.63, 3.8) is 0 Å². The van der Waals surface area contributed by atoms with Crippen molar-refractivity contribution < 1.29 is 9.72 Å². The summed E-state index contributed by atoms with van der Waals surface area (Å²) in [5, 5.41) is 10.6. The first-order valence-corrected chi connectivity index (χ1v) is 7.47. The van der Waals surface area contributed by atoms with Crippen LogP contribution in [0.2, 0.25) is 0 Å². The van der Waals surface area contributed by atoms with E-state index in [-0.39, 0.29) is 11.6 Å². The number of hydrogen-bond acceptors (Lipinski definition) is 3. The van der Waals surface area contributed by atoms with Gasteiger partial charge in [0.05, 0.1) is 4.92 Å². The lowest BCUT2D eigenvalue weighted by Gasteiger charge is -2.28. The zero-order chi connectivity index (χ0) is 16.2. The summed E-state index contributed by atoms with van der Waals surface area (Å²) in [6.07, 6.45) is 5.15. The van der Waals surface area contributed by atoms with Crippen LogP contribution in [0.4, 0.5) is 11.4 Å². The van der Waals surface area contributed by atoms with E-state index in [4.69, 9.17) is 0 Å². The van der Waals surface area contributed by atoms with Crippen molar-refractivity contribution >= 4 is 23.4 Å². The molecule has 1 heterocycles. The average molecular weight is 308 g/mol. The topological polar surface area (TPSA) is 63.4 Å². The van der Waals surface area contributed by atoms with Crippen LogP contribution < -0.4 is 4.90 Å². The number of rotatable bonds is 3. The number of carbonyl (C=O) groups is 1. The maximum atomic E-state index is 12.4. The predicted molar refractivity (Wildman–Crippen MR) is 89.2 cm³/mol. The number of benzene rings is 2. The van der Waals surface area contributed by atoms with Gasteiger partial charge in [-0.2, -0.15) is 0 Å². The fourth-order valence-corrected chi connectivity index (χ4v) is 2.73. The van der Waals surface area contributed by atoms with Crippen LogP contribution in [-0.4, -0.2) is 17.4 Å². The van der Waals surface area contributed by atoms with Crippen molar-refractivity contribution in [3.8, 4) is 0 Å². The minimum Gasteiger partial charge on any atom is -0.309 e. The van der Waals surface area contributed by atoms with Crippen LogP contribution in [0.25, 0.3) is 6.08 Å².